The summed E-state index contributed by atoms with van der Waals surface area (Å²) in [6.45, 7) is 4.69. The topological polar surface area (TPSA) is 56.5 Å². The number of aromatic nitrogens is 1. The second-order valence-corrected chi connectivity index (χ2v) is 7.12. The number of nitrogens with zero attached hydrogens (tertiary/aromatic N) is 1. The molecule has 3 aromatic rings. The molecule has 0 bridgehead atoms. The van der Waals surface area contributed by atoms with Crippen LogP contribution in [0.15, 0.2) is 72.8 Å². The summed E-state index contributed by atoms with van der Waals surface area (Å²) in [7, 11) is 0. The molecule has 0 saturated heterocycles. The molecule has 5 nitrogen and oxygen atoms in total. The molecule has 1 aliphatic rings. The molecule has 0 aliphatic carbocycles. The van der Waals surface area contributed by atoms with Gasteiger partial charge in [-0.2, -0.15) is 4.57 Å². The van der Waals surface area contributed by atoms with Crippen molar-refractivity contribution in [3.63, 3.8) is 0 Å². The number of allylic oxidation sites excluding steroid dienone is 1. The van der Waals surface area contributed by atoms with Crippen LogP contribution in [0.5, 0.6) is 11.5 Å². The zero-order valence-electron chi connectivity index (χ0n) is 17.3. The summed E-state index contributed by atoms with van der Waals surface area (Å²) in [6, 6.07) is 16.5. The Bertz CT molecular complexity index is 1140. The lowest BCUT2D eigenvalue weighted by Gasteiger charge is -2.03. The minimum atomic E-state index is -0.153. The summed E-state index contributed by atoms with van der Waals surface area (Å²) >= 11 is 0. The first-order valence-electron chi connectivity index (χ1n) is 9.83. The van der Waals surface area contributed by atoms with Crippen LogP contribution in [-0.2, 0) is 6.54 Å². The number of hydrogen-bond acceptors (Lipinski definition) is 4. The summed E-state index contributed by atoms with van der Waals surface area (Å²) < 4.78 is 13.0. The van der Waals surface area contributed by atoms with Gasteiger partial charge in [-0.15, -0.1) is 0 Å². The van der Waals surface area contributed by atoms with E-state index in [9.17, 15) is 9.59 Å². The molecule has 2 heterocycles. The van der Waals surface area contributed by atoms with Gasteiger partial charge in [-0.05, 0) is 37.6 Å². The van der Waals surface area contributed by atoms with Crippen molar-refractivity contribution in [1.29, 1.82) is 0 Å². The Labute approximate surface area is 187 Å². The smallest absolute Gasteiger partial charge is 0.231 e. The zero-order valence-corrected chi connectivity index (χ0v) is 18.1. The second-order valence-electron chi connectivity index (χ2n) is 7.12. The van der Waals surface area contributed by atoms with E-state index in [1.807, 2.05) is 67.2 Å². The average Bonchev–Trinajstić information content (AvgIpc) is 3.05. The molecule has 1 aliphatic heterocycles. The molecule has 0 atom stereocenters. The van der Waals surface area contributed by atoms with Crippen molar-refractivity contribution >= 4 is 17.6 Å². The lowest BCUT2D eigenvalue weighted by molar-refractivity contribution is -0.683. The number of carbonyl (C=O) groups is 2. The number of hydrogen-bond donors (Lipinski definition) is 0. The van der Waals surface area contributed by atoms with Gasteiger partial charge in [-0.1, -0.05) is 29.8 Å². The number of benzene rings is 2. The van der Waals surface area contributed by atoms with Crippen molar-refractivity contribution in [3.8, 4) is 11.5 Å². The van der Waals surface area contributed by atoms with E-state index in [0.29, 0.717) is 29.2 Å². The average molecular weight is 436 g/mol. The molecular formula is C25H22ClNO4. The quantitative estimate of drug-likeness (QED) is 0.331. The van der Waals surface area contributed by atoms with Gasteiger partial charge in [0.2, 0.25) is 18.1 Å². The predicted octanol–water partition coefficient (Wildman–Crippen LogP) is 1.18. The minimum absolute atomic E-state index is 0. The van der Waals surface area contributed by atoms with Crippen molar-refractivity contribution in [2.45, 2.75) is 20.4 Å². The highest BCUT2D eigenvalue weighted by molar-refractivity contribution is 6.14. The molecule has 4 rings (SSSR count). The third-order valence-electron chi connectivity index (χ3n) is 4.87. The summed E-state index contributed by atoms with van der Waals surface area (Å²) in [4.78, 5) is 25.0. The van der Waals surface area contributed by atoms with Crippen LogP contribution in [0.2, 0.25) is 0 Å². The molecule has 0 radical (unpaired) electrons. The van der Waals surface area contributed by atoms with Crippen LogP contribution >= 0.6 is 0 Å². The van der Waals surface area contributed by atoms with Gasteiger partial charge >= 0.3 is 0 Å². The molecule has 2 aromatic carbocycles. The molecule has 0 fully saturated rings. The normalized spacial score (nSPS) is 13.4. The van der Waals surface area contributed by atoms with E-state index >= 15 is 0 Å². The number of fused-ring (bicyclic) bond motifs is 1. The van der Waals surface area contributed by atoms with Crippen molar-refractivity contribution < 1.29 is 36.0 Å². The molecule has 0 N–H and O–H groups in total. The van der Waals surface area contributed by atoms with Crippen molar-refractivity contribution in [1.82, 2.24) is 0 Å². The van der Waals surface area contributed by atoms with Crippen LogP contribution in [0.1, 0.15) is 38.8 Å². The summed E-state index contributed by atoms with van der Waals surface area (Å²) in [5, 5.41) is 0. The second kappa shape index (κ2) is 9.58. The molecular weight excluding hydrogens is 414 g/mol. The van der Waals surface area contributed by atoms with Crippen LogP contribution in [0.25, 0.3) is 6.08 Å². The maximum Gasteiger partial charge on any atom is 0.231 e. The van der Waals surface area contributed by atoms with Gasteiger partial charge in [-0.25, -0.2) is 0 Å². The van der Waals surface area contributed by atoms with Crippen molar-refractivity contribution in [2.24, 2.45) is 0 Å². The van der Waals surface area contributed by atoms with Crippen LogP contribution in [0, 0.1) is 6.92 Å². The van der Waals surface area contributed by atoms with Gasteiger partial charge in [0.15, 0.2) is 18.2 Å². The number of halogens is 1. The van der Waals surface area contributed by atoms with Gasteiger partial charge in [0.05, 0.1) is 12.2 Å². The van der Waals surface area contributed by atoms with Gasteiger partial charge in [0.25, 0.3) is 0 Å². The lowest BCUT2D eigenvalue weighted by atomic mass is 10.1. The van der Waals surface area contributed by atoms with Crippen LogP contribution in [0.4, 0.5) is 0 Å². The van der Waals surface area contributed by atoms with E-state index in [-0.39, 0.29) is 36.3 Å². The Morgan fingerprint density at radius 3 is 2.45 bits per heavy atom. The Kier molecular flexibility index (Phi) is 6.88. The Hall–Kier alpha value is -3.44. The fourth-order valence-corrected chi connectivity index (χ4v) is 3.24. The number of ether oxygens (including phenoxy) is 2. The van der Waals surface area contributed by atoms with E-state index < -0.39 is 0 Å². The highest BCUT2D eigenvalue weighted by Crippen LogP contribution is 2.34. The third kappa shape index (κ3) is 5.01. The summed E-state index contributed by atoms with van der Waals surface area (Å²) in [5.74, 6) is 1.34. The van der Waals surface area contributed by atoms with Gasteiger partial charge in [0, 0.05) is 23.8 Å². The first-order valence-corrected chi connectivity index (χ1v) is 9.83. The molecule has 0 spiro atoms. The fraction of sp³-hybridized carbons (Fsp3) is 0.160. The first-order chi connectivity index (χ1) is 14.5. The number of carbonyl (C=O) groups excluding carboxylic acids is 2. The molecule has 6 heteroatoms. The first kappa shape index (κ1) is 22.2. The number of aryl methyl sites for hydroxylation is 1. The third-order valence-corrected chi connectivity index (χ3v) is 4.87. The monoisotopic (exact) mass is 435 g/mol. The Morgan fingerprint density at radius 1 is 1.06 bits per heavy atom. The molecule has 0 amide bonds. The largest absolute Gasteiger partial charge is 1.00 e. The molecule has 31 heavy (non-hydrogen) atoms. The van der Waals surface area contributed by atoms with Gasteiger partial charge < -0.3 is 21.9 Å². The SMILES string of the molecule is CCOc1ccc2c(c1)O/C(=C\c1cc[n+](CC(=O)c3ccc(C)cc3)cc1)C2=O.[Cl-]. The van der Waals surface area contributed by atoms with E-state index in [4.69, 9.17) is 9.47 Å². The zero-order chi connectivity index (χ0) is 21.1. The maximum atomic E-state index is 12.6. The van der Waals surface area contributed by atoms with Crippen molar-refractivity contribution in [3.05, 3.63) is 95.0 Å². The molecule has 1 aromatic heterocycles. The van der Waals surface area contributed by atoms with Gasteiger partial charge in [0.1, 0.15) is 11.5 Å². The number of Topliss-reactive ketones (excluding diaryl/α,β-unsaturated/α-hetero) is 2. The fourth-order valence-electron chi connectivity index (χ4n) is 3.24. The molecule has 158 valence electrons. The number of pyridine rings is 1. The van der Waals surface area contributed by atoms with Crippen LogP contribution in [0.3, 0.4) is 0 Å². The Morgan fingerprint density at radius 2 is 1.77 bits per heavy atom. The summed E-state index contributed by atoms with van der Waals surface area (Å²) in [5.41, 5.74) is 3.15. The Balaban J connectivity index is 0.00000272. The lowest BCUT2D eigenvalue weighted by Crippen LogP contribution is -3.00. The maximum absolute atomic E-state index is 12.6. The van der Waals surface area contributed by atoms with Crippen molar-refractivity contribution in [2.75, 3.05) is 6.61 Å². The van der Waals surface area contributed by atoms with E-state index in [0.717, 1.165) is 11.1 Å². The molecule has 0 unspecified atom stereocenters. The van der Waals surface area contributed by atoms with E-state index in [1.165, 1.54) is 0 Å². The highest BCUT2D eigenvalue weighted by atomic mass is 35.5. The van der Waals surface area contributed by atoms with Crippen LogP contribution in [-0.4, -0.2) is 18.2 Å². The standard InChI is InChI=1S/C25H22NO4.ClH/c1-3-29-20-8-9-21-23(15-20)30-24(25(21)28)14-18-10-12-26(13-11-18)16-22(27)19-6-4-17(2)5-7-19;/h4-15H,3,16H2,1-2H3;1H/q+1;/p-1/b24-14-;. The van der Waals surface area contributed by atoms with Crippen LogP contribution < -0.4 is 26.4 Å². The van der Waals surface area contributed by atoms with E-state index in [1.54, 1.807) is 24.3 Å². The van der Waals surface area contributed by atoms with Gasteiger partial charge in [-0.3, -0.25) is 9.59 Å². The van der Waals surface area contributed by atoms with E-state index in [2.05, 4.69) is 0 Å². The minimum Gasteiger partial charge on any atom is -1.00 e. The number of rotatable bonds is 6. The molecule has 0 saturated carbocycles. The summed E-state index contributed by atoms with van der Waals surface area (Å²) in [6.07, 6.45) is 5.34. The highest BCUT2D eigenvalue weighted by Gasteiger charge is 2.27. The number of ketones is 2. The predicted molar refractivity (Wildman–Crippen MR) is 113 cm³/mol.